The predicted octanol–water partition coefficient (Wildman–Crippen LogP) is 6.70. The Morgan fingerprint density at radius 1 is 0.974 bits per heavy atom. The summed E-state index contributed by atoms with van der Waals surface area (Å²) in [5.41, 5.74) is -2.24. The zero-order valence-electron chi connectivity index (χ0n) is 18.6. The number of nitrogens with zero attached hydrogens (tertiary/aromatic N) is 3. The van der Waals surface area contributed by atoms with Gasteiger partial charge in [0.05, 0.1) is 21.3 Å². The first-order chi connectivity index (χ1) is 17.7. The third-order valence-electron chi connectivity index (χ3n) is 4.35. The highest BCUT2D eigenvalue weighted by Crippen LogP contribution is 2.40. The number of urea groups is 1. The standard InChI is InChI=1S/C21H13Cl2F6N5O4/c1-30-15-8-16(32-9-31-15)37-17-13(22)6-12(7-14(17)23)34(38-18(35)21(27,28)29)19(36)33-11-4-2-3-10(5-11)20(24,25)26/h2-9H,1H3,(H,33,36)(H,30,31,32). The second-order valence-electron chi connectivity index (χ2n) is 7.01. The molecule has 0 aliphatic rings. The first kappa shape index (κ1) is 28.6. The summed E-state index contributed by atoms with van der Waals surface area (Å²) >= 11 is 12.3. The summed E-state index contributed by atoms with van der Waals surface area (Å²) in [6.07, 6.45) is -9.17. The number of hydroxylamine groups is 1. The number of hydrogen-bond donors (Lipinski definition) is 2. The van der Waals surface area contributed by atoms with E-state index >= 15 is 0 Å². The van der Waals surface area contributed by atoms with Crippen LogP contribution in [0, 0.1) is 0 Å². The van der Waals surface area contributed by atoms with Crippen molar-refractivity contribution in [3.63, 3.8) is 0 Å². The number of hydrogen-bond acceptors (Lipinski definition) is 7. The van der Waals surface area contributed by atoms with Gasteiger partial charge in [0.1, 0.15) is 12.1 Å². The van der Waals surface area contributed by atoms with Crippen molar-refractivity contribution in [2.75, 3.05) is 22.7 Å². The maximum Gasteiger partial charge on any atom is 0.493 e. The van der Waals surface area contributed by atoms with Crippen LogP contribution in [-0.4, -0.2) is 35.2 Å². The number of benzene rings is 2. The number of amides is 2. The predicted molar refractivity (Wildman–Crippen MR) is 123 cm³/mol. The molecule has 38 heavy (non-hydrogen) atoms. The summed E-state index contributed by atoms with van der Waals surface area (Å²) in [6, 6.07) is 4.67. The molecule has 0 aliphatic heterocycles. The molecule has 0 fully saturated rings. The van der Waals surface area contributed by atoms with Crippen LogP contribution in [0.5, 0.6) is 11.6 Å². The quantitative estimate of drug-likeness (QED) is 0.254. The average Bonchev–Trinajstić information content (AvgIpc) is 2.83. The second kappa shape index (κ2) is 11.2. The number of carbonyl (C=O) groups is 2. The van der Waals surface area contributed by atoms with E-state index in [-0.39, 0.29) is 26.7 Å². The van der Waals surface area contributed by atoms with Crippen molar-refractivity contribution in [1.82, 2.24) is 9.97 Å². The van der Waals surface area contributed by atoms with Gasteiger partial charge in [-0.25, -0.2) is 19.6 Å². The fraction of sp³-hybridized carbons (Fsp3) is 0.143. The van der Waals surface area contributed by atoms with Crippen molar-refractivity contribution < 1.29 is 45.5 Å². The van der Waals surface area contributed by atoms with Crippen molar-refractivity contribution in [2.45, 2.75) is 12.4 Å². The number of ether oxygens (including phenoxy) is 1. The molecule has 0 radical (unpaired) electrons. The average molecular weight is 584 g/mol. The third-order valence-corrected chi connectivity index (χ3v) is 4.92. The molecule has 0 spiro atoms. The molecular weight excluding hydrogens is 571 g/mol. The van der Waals surface area contributed by atoms with Gasteiger partial charge in [-0.2, -0.15) is 26.3 Å². The Morgan fingerprint density at radius 2 is 1.63 bits per heavy atom. The Kier molecular flexibility index (Phi) is 8.41. The summed E-state index contributed by atoms with van der Waals surface area (Å²) in [5.74, 6) is -2.73. The van der Waals surface area contributed by atoms with Crippen molar-refractivity contribution in [2.24, 2.45) is 0 Å². The van der Waals surface area contributed by atoms with Crippen LogP contribution >= 0.6 is 23.2 Å². The minimum atomic E-state index is -5.54. The Labute approximate surface area is 219 Å². The van der Waals surface area contributed by atoms with Crippen LogP contribution in [0.1, 0.15) is 5.56 Å². The summed E-state index contributed by atoms with van der Waals surface area (Å²) < 4.78 is 83.1. The number of carbonyl (C=O) groups excluding carboxylic acids is 2. The molecule has 3 aromatic rings. The summed E-state index contributed by atoms with van der Waals surface area (Å²) in [4.78, 5) is 36.2. The van der Waals surface area contributed by atoms with E-state index < -0.39 is 41.3 Å². The maximum absolute atomic E-state index is 13.0. The Morgan fingerprint density at radius 3 is 2.21 bits per heavy atom. The van der Waals surface area contributed by atoms with Gasteiger partial charge < -0.3 is 20.2 Å². The van der Waals surface area contributed by atoms with Gasteiger partial charge in [-0.3, -0.25) is 0 Å². The minimum Gasteiger partial charge on any atom is -0.436 e. The fourth-order valence-corrected chi connectivity index (χ4v) is 3.24. The highest BCUT2D eigenvalue weighted by molar-refractivity contribution is 6.37. The molecule has 2 N–H and O–H groups in total. The highest BCUT2D eigenvalue weighted by Gasteiger charge is 2.44. The van der Waals surface area contributed by atoms with Gasteiger partial charge in [0.25, 0.3) is 0 Å². The van der Waals surface area contributed by atoms with Crippen LogP contribution in [-0.2, 0) is 15.8 Å². The van der Waals surface area contributed by atoms with Gasteiger partial charge in [0.15, 0.2) is 5.75 Å². The van der Waals surface area contributed by atoms with E-state index in [1.165, 1.54) is 6.07 Å². The van der Waals surface area contributed by atoms with Gasteiger partial charge in [-0.1, -0.05) is 29.3 Å². The minimum absolute atomic E-state index is 0.0384. The lowest BCUT2D eigenvalue weighted by atomic mass is 10.2. The maximum atomic E-state index is 13.0. The van der Waals surface area contributed by atoms with Crippen LogP contribution in [0.4, 0.5) is 48.3 Å². The fourth-order valence-electron chi connectivity index (χ4n) is 2.69. The Balaban J connectivity index is 1.96. The van der Waals surface area contributed by atoms with Gasteiger partial charge in [0.2, 0.25) is 5.88 Å². The van der Waals surface area contributed by atoms with Crippen molar-refractivity contribution in [3.8, 4) is 11.6 Å². The normalized spacial score (nSPS) is 11.5. The highest BCUT2D eigenvalue weighted by atomic mass is 35.5. The lowest BCUT2D eigenvalue weighted by Crippen LogP contribution is -2.41. The molecule has 202 valence electrons. The molecule has 0 aliphatic carbocycles. The van der Waals surface area contributed by atoms with E-state index in [1.807, 2.05) is 5.32 Å². The molecule has 0 atom stereocenters. The number of alkyl halides is 6. The Hall–Kier alpha value is -3.98. The zero-order valence-corrected chi connectivity index (χ0v) is 20.1. The molecule has 0 unspecified atom stereocenters. The molecule has 2 aromatic carbocycles. The Bertz CT molecular complexity index is 1330. The van der Waals surface area contributed by atoms with Gasteiger partial charge >= 0.3 is 24.4 Å². The smallest absolute Gasteiger partial charge is 0.436 e. The van der Waals surface area contributed by atoms with Crippen molar-refractivity contribution in [3.05, 3.63) is 64.4 Å². The molecule has 3 rings (SSSR count). The number of rotatable bonds is 5. The molecule has 0 saturated heterocycles. The molecule has 1 aromatic heterocycles. The number of aromatic nitrogens is 2. The van der Waals surface area contributed by atoms with Gasteiger partial charge in [0, 0.05) is 18.8 Å². The monoisotopic (exact) mass is 583 g/mol. The second-order valence-corrected chi connectivity index (χ2v) is 7.83. The number of halogens is 8. The molecule has 1 heterocycles. The molecule has 17 heteroatoms. The van der Waals surface area contributed by atoms with Crippen LogP contribution in [0.25, 0.3) is 0 Å². The van der Waals surface area contributed by atoms with Crippen molar-refractivity contribution in [1.29, 1.82) is 0 Å². The van der Waals surface area contributed by atoms with Crippen LogP contribution in [0.3, 0.4) is 0 Å². The van der Waals surface area contributed by atoms with Crippen LogP contribution in [0.2, 0.25) is 10.0 Å². The number of nitrogens with one attached hydrogen (secondary N) is 2. The van der Waals surface area contributed by atoms with Crippen molar-refractivity contribution >= 4 is 52.4 Å². The number of anilines is 3. The van der Waals surface area contributed by atoms with E-state index in [0.29, 0.717) is 18.0 Å². The molecule has 9 nitrogen and oxygen atoms in total. The van der Waals surface area contributed by atoms with E-state index in [4.69, 9.17) is 27.9 Å². The topological polar surface area (TPSA) is 106 Å². The summed E-state index contributed by atoms with van der Waals surface area (Å²) in [7, 11) is 1.57. The summed E-state index contributed by atoms with van der Waals surface area (Å²) in [5, 5.41) is 3.74. The lowest BCUT2D eigenvalue weighted by molar-refractivity contribution is -0.199. The largest absolute Gasteiger partial charge is 0.493 e. The molecule has 0 saturated carbocycles. The van der Waals surface area contributed by atoms with Gasteiger partial charge in [-0.15, -0.1) is 5.06 Å². The SMILES string of the molecule is CNc1cc(Oc2c(Cl)cc(N(OC(=O)C(F)(F)F)C(=O)Nc3cccc(C(F)(F)F)c3)cc2Cl)ncn1. The van der Waals surface area contributed by atoms with Crippen LogP contribution < -0.4 is 20.4 Å². The van der Waals surface area contributed by atoms with E-state index in [0.717, 1.165) is 30.6 Å². The van der Waals surface area contributed by atoms with Gasteiger partial charge in [-0.05, 0) is 30.3 Å². The zero-order chi connectivity index (χ0) is 28.3. The first-order valence-corrected chi connectivity index (χ1v) is 10.7. The van der Waals surface area contributed by atoms with E-state index in [2.05, 4.69) is 20.1 Å². The third kappa shape index (κ3) is 7.07. The van der Waals surface area contributed by atoms with Crippen LogP contribution in [0.15, 0.2) is 48.8 Å². The van der Waals surface area contributed by atoms with E-state index in [1.54, 1.807) is 7.05 Å². The molecular formula is C21H13Cl2F6N5O4. The molecule has 2 amide bonds. The first-order valence-electron chi connectivity index (χ1n) is 9.93. The summed E-state index contributed by atoms with van der Waals surface area (Å²) in [6.45, 7) is 0. The lowest BCUT2D eigenvalue weighted by Gasteiger charge is -2.23. The van der Waals surface area contributed by atoms with E-state index in [9.17, 15) is 35.9 Å². The molecule has 0 bridgehead atoms.